The molecule has 2 aromatic carbocycles. The SMILES string of the molecule is Cc1ccc(C)c(-c2ccc(C=O)c(F)c2)c1. The maximum atomic E-state index is 13.5. The van der Waals surface area contributed by atoms with E-state index in [-0.39, 0.29) is 5.56 Å². The number of rotatable bonds is 2. The molecule has 2 aromatic rings. The van der Waals surface area contributed by atoms with Crippen LogP contribution < -0.4 is 0 Å². The molecule has 1 nitrogen and oxygen atoms in total. The fourth-order valence-electron chi connectivity index (χ4n) is 1.84. The van der Waals surface area contributed by atoms with Gasteiger partial charge >= 0.3 is 0 Å². The van der Waals surface area contributed by atoms with Gasteiger partial charge in [0.05, 0.1) is 5.56 Å². The monoisotopic (exact) mass is 228 g/mol. The van der Waals surface area contributed by atoms with Crippen LogP contribution in [0.3, 0.4) is 0 Å². The van der Waals surface area contributed by atoms with E-state index in [1.54, 1.807) is 6.07 Å². The van der Waals surface area contributed by atoms with Crippen molar-refractivity contribution in [1.29, 1.82) is 0 Å². The lowest BCUT2D eigenvalue weighted by Crippen LogP contribution is -1.90. The molecule has 0 aliphatic heterocycles. The van der Waals surface area contributed by atoms with Gasteiger partial charge in [0, 0.05) is 0 Å². The van der Waals surface area contributed by atoms with E-state index in [1.165, 1.54) is 12.1 Å². The number of carbonyl (C=O) groups excluding carboxylic acids is 1. The quantitative estimate of drug-likeness (QED) is 0.712. The second-order valence-corrected chi connectivity index (χ2v) is 4.17. The molecular weight excluding hydrogens is 215 g/mol. The van der Waals surface area contributed by atoms with Crippen LogP contribution in [0, 0.1) is 19.7 Å². The second-order valence-electron chi connectivity index (χ2n) is 4.17. The Hall–Kier alpha value is -1.96. The van der Waals surface area contributed by atoms with Crippen LogP contribution in [-0.2, 0) is 0 Å². The molecule has 0 unspecified atom stereocenters. The maximum Gasteiger partial charge on any atom is 0.152 e. The van der Waals surface area contributed by atoms with Crippen LogP contribution in [-0.4, -0.2) is 6.29 Å². The van der Waals surface area contributed by atoms with Crippen LogP contribution in [0.4, 0.5) is 4.39 Å². The lowest BCUT2D eigenvalue weighted by Gasteiger charge is -2.08. The largest absolute Gasteiger partial charge is 0.298 e. The molecule has 0 atom stereocenters. The zero-order valence-electron chi connectivity index (χ0n) is 9.83. The fraction of sp³-hybridized carbons (Fsp3) is 0.133. The summed E-state index contributed by atoms with van der Waals surface area (Å²) < 4.78 is 13.5. The predicted octanol–water partition coefficient (Wildman–Crippen LogP) is 3.92. The molecule has 0 fully saturated rings. The Balaban J connectivity index is 2.57. The number of carbonyl (C=O) groups is 1. The molecule has 2 heteroatoms. The van der Waals surface area contributed by atoms with Gasteiger partial charge in [-0.2, -0.15) is 0 Å². The van der Waals surface area contributed by atoms with Gasteiger partial charge in [0.15, 0.2) is 6.29 Å². The van der Waals surface area contributed by atoms with Crippen molar-refractivity contribution in [2.24, 2.45) is 0 Å². The van der Waals surface area contributed by atoms with Crippen molar-refractivity contribution < 1.29 is 9.18 Å². The van der Waals surface area contributed by atoms with Gasteiger partial charge in [-0.3, -0.25) is 4.79 Å². The van der Waals surface area contributed by atoms with Gasteiger partial charge in [-0.1, -0.05) is 29.8 Å². The molecule has 0 aromatic heterocycles. The first kappa shape index (κ1) is 11.5. The van der Waals surface area contributed by atoms with Gasteiger partial charge in [-0.15, -0.1) is 0 Å². The fourth-order valence-corrected chi connectivity index (χ4v) is 1.84. The summed E-state index contributed by atoms with van der Waals surface area (Å²) in [6.07, 6.45) is 0.530. The number of hydrogen-bond acceptors (Lipinski definition) is 1. The third-order valence-electron chi connectivity index (χ3n) is 2.83. The lowest BCUT2D eigenvalue weighted by molar-refractivity contribution is 0.112. The minimum Gasteiger partial charge on any atom is -0.298 e. The molecule has 0 spiro atoms. The predicted molar refractivity (Wildman–Crippen MR) is 66.7 cm³/mol. The Bertz CT molecular complexity index is 573. The number of aldehydes is 1. The molecule has 0 amide bonds. The zero-order chi connectivity index (χ0) is 12.4. The third kappa shape index (κ3) is 2.26. The highest BCUT2D eigenvalue weighted by Gasteiger charge is 2.06. The van der Waals surface area contributed by atoms with Gasteiger partial charge in [0.25, 0.3) is 0 Å². The van der Waals surface area contributed by atoms with Crippen LogP contribution in [0.1, 0.15) is 21.5 Å². The average Bonchev–Trinajstić information content (AvgIpc) is 2.32. The first-order chi connectivity index (χ1) is 8.11. The van der Waals surface area contributed by atoms with Crippen LogP contribution in [0.25, 0.3) is 11.1 Å². The van der Waals surface area contributed by atoms with Gasteiger partial charge in [-0.05, 0) is 42.7 Å². The highest BCUT2D eigenvalue weighted by atomic mass is 19.1. The molecule has 0 heterocycles. The minimum atomic E-state index is -0.474. The van der Waals surface area contributed by atoms with Crippen molar-refractivity contribution in [1.82, 2.24) is 0 Å². The Labute approximate surface area is 99.9 Å². The van der Waals surface area contributed by atoms with Crippen LogP contribution in [0.5, 0.6) is 0 Å². The summed E-state index contributed by atoms with van der Waals surface area (Å²) in [7, 11) is 0. The molecule has 0 N–H and O–H groups in total. The van der Waals surface area contributed by atoms with Crippen molar-refractivity contribution in [3.63, 3.8) is 0 Å². The van der Waals surface area contributed by atoms with E-state index in [2.05, 4.69) is 0 Å². The summed E-state index contributed by atoms with van der Waals surface area (Å²) in [5, 5.41) is 0. The van der Waals surface area contributed by atoms with Gasteiger partial charge in [0.1, 0.15) is 5.82 Å². The highest BCUT2D eigenvalue weighted by molar-refractivity contribution is 5.78. The lowest BCUT2D eigenvalue weighted by atomic mass is 9.97. The van der Waals surface area contributed by atoms with E-state index >= 15 is 0 Å². The number of benzene rings is 2. The Morgan fingerprint density at radius 1 is 1.06 bits per heavy atom. The summed E-state index contributed by atoms with van der Waals surface area (Å²) in [4.78, 5) is 10.6. The summed E-state index contributed by atoms with van der Waals surface area (Å²) in [6, 6.07) is 10.7. The topological polar surface area (TPSA) is 17.1 Å². The minimum absolute atomic E-state index is 0.0963. The summed E-state index contributed by atoms with van der Waals surface area (Å²) in [6.45, 7) is 3.99. The number of hydrogen-bond donors (Lipinski definition) is 0. The molecule has 17 heavy (non-hydrogen) atoms. The molecule has 0 radical (unpaired) electrons. The molecular formula is C15H13FO. The maximum absolute atomic E-state index is 13.5. The first-order valence-electron chi connectivity index (χ1n) is 5.44. The summed E-state index contributed by atoms with van der Waals surface area (Å²) in [5.74, 6) is -0.474. The van der Waals surface area contributed by atoms with Crippen molar-refractivity contribution in [2.75, 3.05) is 0 Å². The smallest absolute Gasteiger partial charge is 0.152 e. The second kappa shape index (κ2) is 4.50. The van der Waals surface area contributed by atoms with E-state index in [4.69, 9.17) is 0 Å². The van der Waals surface area contributed by atoms with Crippen molar-refractivity contribution in [3.8, 4) is 11.1 Å². The number of halogens is 1. The van der Waals surface area contributed by atoms with Crippen molar-refractivity contribution in [3.05, 3.63) is 58.9 Å². The first-order valence-corrected chi connectivity index (χ1v) is 5.44. The number of aryl methyl sites for hydroxylation is 2. The zero-order valence-corrected chi connectivity index (χ0v) is 9.83. The highest BCUT2D eigenvalue weighted by Crippen LogP contribution is 2.25. The average molecular weight is 228 g/mol. The molecule has 0 saturated carbocycles. The summed E-state index contributed by atoms with van der Waals surface area (Å²) in [5.41, 5.74) is 4.12. The van der Waals surface area contributed by atoms with E-state index < -0.39 is 5.82 Å². The molecule has 86 valence electrons. The van der Waals surface area contributed by atoms with E-state index in [0.717, 1.165) is 22.3 Å². The molecule has 2 rings (SSSR count). The van der Waals surface area contributed by atoms with Gasteiger partial charge in [0.2, 0.25) is 0 Å². The Kier molecular flexibility index (Phi) is 3.05. The van der Waals surface area contributed by atoms with Gasteiger partial charge < -0.3 is 0 Å². The molecule has 0 aliphatic rings. The third-order valence-corrected chi connectivity index (χ3v) is 2.83. The molecule has 0 bridgehead atoms. The Morgan fingerprint density at radius 3 is 2.47 bits per heavy atom. The Morgan fingerprint density at radius 2 is 1.82 bits per heavy atom. The van der Waals surface area contributed by atoms with E-state index in [9.17, 15) is 9.18 Å². The normalized spacial score (nSPS) is 10.3. The molecule has 0 aliphatic carbocycles. The standard InChI is InChI=1S/C15H13FO/c1-10-3-4-11(2)14(7-10)12-5-6-13(9-17)15(16)8-12/h3-9H,1-2H3. The van der Waals surface area contributed by atoms with Crippen LogP contribution in [0.15, 0.2) is 36.4 Å². The van der Waals surface area contributed by atoms with Gasteiger partial charge in [-0.25, -0.2) is 4.39 Å². The molecule has 0 saturated heterocycles. The van der Waals surface area contributed by atoms with E-state index in [1.807, 2.05) is 32.0 Å². The van der Waals surface area contributed by atoms with Crippen molar-refractivity contribution >= 4 is 6.29 Å². The van der Waals surface area contributed by atoms with Crippen molar-refractivity contribution in [2.45, 2.75) is 13.8 Å². The summed E-state index contributed by atoms with van der Waals surface area (Å²) >= 11 is 0. The van der Waals surface area contributed by atoms with E-state index in [0.29, 0.717) is 6.29 Å². The van der Waals surface area contributed by atoms with Crippen LogP contribution in [0.2, 0.25) is 0 Å². The van der Waals surface area contributed by atoms with Crippen LogP contribution >= 0.6 is 0 Å².